The molecule has 3 aromatic rings. The molecule has 0 saturated carbocycles. The number of carboxylic acids is 1. The lowest BCUT2D eigenvalue weighted by atomic mass is 10.0. The number of hydrogen-bond acceptors (Lipinski definition) is 5. The van der Waals surface area contributed by atoms with E-state index in [-0.39, 0.29) is 12.5 Å². The summed E-state index contributed by atoms with van der Waals surface area (Å²) in [4.78, 5) is 25.6. The number of urea groups is 1. The molecule has 0 unspecified atom stereocenters. The molecule has 0 saturated heterocycles. The second-order valence-electron chi connectivity index (χ2n) is 7.40. The second kappa shape index (κ2) is 9.37. The molecule has 1 aliphatic heterocycles. The van der Waals surface area contributed by atoms with Gasteiger partial charge in [-0.25, -0.2) is 4.79 Å². The Bertz CT molecular complexity index is 1250. The summed E-state index contributed by atoms with van der Waals surface area (Å²) in [6.45, 7) is 1.31. The number of aromatic amines is 2. The van der Waals surface area contributed by atoms with Crippen LogP contribution in [0, 0.1) is 9.54 Å². The van der Waals surface area contributed by atoms with Crippen LogP contribution in [0.1, 0.15) is 18.4 Å². The van der Waals surface area contributed by atoms with Crippen LogP contribution in [0.15, 0.2) is 42.5 Å². The number of fused-ring (bicyclic) bond motifs is 1. The van der Waals surface area contributed by atoms with Crippen LogP contribution in [-0.4, -0.2) is 45.0 Å². The van der Waals surface area contributed by atoms with Gasteiger partial charge in [-0.1, -0.05) is 6.07 Å². The number of benzene rings is 2. The molecule has 2 heterocycles. The summed E-state index contributed by atoms with van der Waals surface area (Å²) in [5.41, 5.74) is 4.11. The smallest absolute Gasteiger partial charge is 0.323 e. The monoisotopic (exact) mass is 470 g/mol. The van der Waals surface area contributed by atoms with Gasteiger partial charge in [-0.2, -0.15) is 0 Å². The van der Waals surface area contributed by atoms with Gasteiger partial charge < -0.3 is 20.6 Å². The predicted molar refractivity (Wildman–Crippen MR) is 128 cm³/mol. The number of aromatic nitrogens is 3. The number of H-pyrrole nitrogens is 2. The molecule has 0 radical (unpaired) electrons. The van der Waals surface area contributed by atoms with E-state index >= 15 is 0 Å². The Balaban J connectivity index is 1.45. The van der Waals surface area contributed by atoms with Crippen molar-refractivity contribution in [3.63, 3.8) is 0 Å². The summed E-state index contributed by atoms with van der Waals surface area (Å²) in [5.74, 6) is -0.808. The maximum absolute atomic E-state index is 12.6. The van der Waals surface area contributed by atoms with E-state index in [1.54, 1.807) is 22.8 Å². The van der Waals surface area contributed by atoms with Gasteiger partial charge in [0.15, 0.2) is 9.54 Å². The van der Waals surface area contributed by atoms with Crippen LogP contribution in [-0.2, 0) is 11.2 Å². The van der Waals surface area contributed by atoms with Gasteiger partial charge in [0.25, 0.3) is 0 Å². The first-order valence-electron chi connectivity index (χ1n) is 10.1. The number of aryl methyl sites for hydroxylation is 1. The summed E-state index contributed by atoms with van der Waals surface area (Å²) in [6.07, 6.45) is 1.93. The zero-order chi connectivity index (χ0) is 22.7. The van der Waals surface area contributed by atoms with Crippen molar-refractivity contribution in [2.45, 2.75) is 19.3 Å². The van der Waals surface area contributed by atoms with E-state index in [1.807, 2.05) is 24.3 Å². The van der Waals surface area contributed by atoms with Crippen molar-refractivity contribution in [1.29, 1.82) is 0 Å². The molecule has 11 heteroatoms. The highest BCUT2D eigenvalue weighted by atomic mass is 32.1. The fraction of sp³-hybridized carbons (Fsp3) is 0.238. The van der Waals surface area contributed by atoms with E-state index in [2.05, 4.69) is 25.7 Å². The lowest BCUT2D eigenvalue weighted by Gasteiger charge is -2.31. The van der Waals surface area contributed by atoms with Gasteiger partial charge in [-0.3, -0.25) is 19.6 Å². The summed E-state index contributed by atoms with van der Waals surface area (Å²) in [6, 6.07) is 12.5. The van der Waals surface area contributed by atoms with Crippen LogP contribution >= 0.6 is 24.4 Å². The van der Waals surface area contributed by atoms with Gasteiger partial charge in [0.1, 0.15) is 0 Å². The van der Waals surface area contributed by atoms with E-state index in [0.29, 0.717) is 27.5 Å². The minimum absolute atomic E-state index is 0.0971. The number of nitrogens with one attached hydrogen (secondary N) is 4. The third-order valence-electron chi connectivity index (χ3n) is 5.19. The fourth-order valence-corrected chi connectivity index (χ4v) is 4.33. The Kier molecular flexibility index (Phi) is 6.37. The summed E-state index contributed by atoms with van der Waals surface area (Å²) in [7, 11) is 0. The molecule has 2 amide bonds. The molecular formula is C21H22N6O3S2. The molecule has 0 fully saturated rings. The van der Waals surface area contributed by atoms with Crippen LogP contribution in [0.5, 0.6) is 0 Å². The van der Waals surface area contributed by atoms with Crippen LogP contribution < -0.4 is 15.5 Å². The van der Waals surface area contributed by atoms with Crippen molar-refractivity contribution in [3.05, 3.63) is 57.6 Å². The lowest BCUT2D eigenvalue weighted by Crippen LogP contribution is -2.31. The van der Waals surface area contributed by atoms with E-state index in [4.69, 9.17) is 29.5 Å². The summed E-state index contributed by atoms with van der Waals surface area (Å²) in [5, 5.41) is 20.2. The van der Waals surface area contributed by atoms with Crippen molar-refractivity contribution < 1.29 is 14.7 Å². The second-order valence-corrected chi connectivity index (χ2v) is 8.18. The average molecular weight is 471 g/mol. The Morgan fingerprint density at radius 1 is 1.03 bits per heavy atom. The third kappa shape index (κ3) is 4.89. The van der Waals surface area contributed by atoms with Gasteiger partial charge >= 0.3 is 12.0 Å². The van der Waals surface area contributed by atoms with Crippen LogP contribution in [0.4, 0.5) is 21.9 Å². The average Bonchev–Trinajstić information content (AvgIpc) is 3.10. The van der Waals surface area contributed by atoms with E-state index in [1.165, 1.54) is 0 Å². The first-order valence-corrected chi connectivity index (χ1v) is 10.9. The van der Waals surface area contributed by atoms with Crippen molar-refractivity contribution in [2.24, 2.45) is 0 Å². The van der Waals surface area contributed by atoms with Crippen molar-refractivity contribution >= 4 is 53.5 Å². The molecule has 166 valence electrons. The number of carbonyl (C=O) groups is 2. The zero-order valence-corrected chi connectivity index (χ0v) is 18.7. The minimum Gasteiger partial charge on any atom is -0.481 e. The first kappa shape index (κ1) is 21.8. The molecule has 1 aliphatic rings. The molecule has 9 nitrogen and oxygen atoms in total. The topological polar surface area (TPSA) is 118 Å². The fourth-order valence-electron chi connectivity index (χ4n) is 3.78. The maximum atomic E-state index is 12.6. The number of nitrogens with zero attached hydrogens (tertiary/aromatic N) is 2. The van der Waals surface area contributed by atoms with Crippen LogP contribution in [0.25, 0.3) is 5.69 Å². The number of carboxylic acid groups (broad SMARTS) is 1. The molecule has 5 N–H and O–H groups in total. The zero-order valence-electron chi connectivity index (χ0n) is 17.1. The van der Waals surface area contributed by atoms with E-state index in [9.17, 15) is 9.59 Å². The largest absolute Gasteiger partial charge is 0.481 e. The molecule has 0 bridgehead atoms. The standard InChI is InChI=1S/C21H22N6O3S2/c28-18(29)8-10-26-9-2-3-13-11-15(6-7-17(13)26)23-19(30)22-14-4-1-5-16(12-14)27-20(31)24-25-21(27)32/h1,4-7,11-12H,2-3,8-10H2,(H,24,31)(H,25,32)(H,28,29)(H2,22,23,30). The number of hydrogen-bond donors (Lipinski definition) is 5. The summed E-state index contributed by atoms with van der Waals surface area (Å²) < 4.78 is 2.53. The Labute approximate surface area is 194 Å². The molecule has 1 aromatic heterocycles. The number of amides is 2. The minimum atomic E-state index is -0.808. The molecule has 4 rings (SSSR count). The molecule has 2 aromatic carbocycles. The van der Waals surface area contributed by atoms with Crippen molar-refractivity contribution in [1.82, 2.24) is 14.8 Å². The van der Waals surface area contributed by atoms with Gasteiger partial charge in [0, 0.05) is 30.2 Å². The Morgan fingerprint density at radius 3 is 2.47 bits per heavy atom. The highest BCUT2D eigenvalue weighted by Crippen LogP contribution is 2.30. The van der Waals surface area contributed by atoms with Gasteiger partial charge in [0.2, 0.25) is 0 Å². The number of rotatable bonds is 6. The van der Waals surface area contributed by atoms with Crippen LogP contribution in [0.3, 0.4) is 0 Å². The molecule has 32 heavy (non-hydrogen) atoms. The quantitative estimate of drug-likeness (QED) is 0.340. The number of anilines is 3. The van der Waals surface area contributed by atoms with Crippen molar-refractivity contribution in [3.8, 4) is 5.69 Å². The highest BCUT2D eigenvalue weighted by Gasteiger charge is 2.18. The normalized spacial score (nSPS) is 12.8. The van der Waals surface area contributed by atoms with Crippen LogP contribution in [0.2, 0.25) is 0 Å². The summed E-state index contributed by atoms with van der Waals surface area (Å²) >= 11 is 10.5. The lowest BCUT2D eigenvalue weighted by molar-refractivity contribution is -0.136. The SMILES string of the molecule is O=C(O)CCN1CCCc2cc(NC(=O)Nc3cccc(-n4c(=S)[nH][nH]c4=S)c3)ccc21. The van der Waals surface area contributed by atoms with Crippen molar-refractivity contribution in [2.75, 3.05) is 28.6 Å². The van der Waals surface area contributed by atoms with Gasteiger partial charge in [0.05, 0.1) is 12.1 Å². The van der Waals surface area contributed by atoms with Gasteiger partial charge in [-0.05, 0) is 79.2 Å². The first-order chi connectivity index (χ1) is 15.4. The molecule has 0 spiro atoms. The molecule has 0 aliphatic carbocycles. The Hall–Kier alpha value is -3.44. The van der Waals surface area contributed by atoms with Gasteiger partial charge in [-0.15, -0.1) is 0 Å². The molecular weight excluding hydrogens is 448 g/mol. The van der Waals surface area contributed by atoms with E-state index in [0.717, 1.165) is 36.3 Å². The number of carbonyl (C=O) groups excluding carboxylic acids is 1. The predicted octanol–water partition coefficient (Wildman–Crippen LogP) is 4.46. The van der Waals surface area contributed by atoms with E-state index < -0.39 is 5.97 Å². The molecule has 0 atom stereocenters. The Morgan fingerprint density at radius 2 is 1.75 bits per heavy atom. The third-order valence-corrected chi connectivity index (χ3v) is 5.76. The maximum Gasteiger partial charge on any atom is 0.323 e. The highest BCUT2D eigenvalue weighted by molar-refractivity contribution is 7.72. The number of aliphatic carboxylic acids is 1.